The normalized spacial score (nSPS) is 24.6. The van der Waals surface area contributed by atoms with Gasteiger partial charge in [-0.1, -0.05) is 40.7 Å². The Bertz CT molecular complexity index is 435. The van der Waals surface area contributed by atoms with Crippen molar-refractivity contribution in [1.29, 1.82) is 0 Å². The fourth-order valence-corrected chi connectivity index (χ4v) is 3.37. The van der Waals surface area contributed by atoms with Crippen molar-refractivity contribution in [2.75, 3.05) is 18.0 Å². The molecule has 19 heavy (non-hydrogen) atoms. The van der Waals surface area contributed by atoms with Crippen molar-refractivity contribution in [3.8, 4) is 0 Å². The first kappa shape index (κ1) is 14.4. The van der Waals surface area contributed by atoms with Gasteiger partial charge in [0.05, 0.1) is 0 Å². The molecule has 1 saturated heterocycles. The number of hydrogen-bond donors (Lipinski definition) is 0. The maximum Gasteiger partial charge on any atom is 0.128 e. The van der Waals surface area contributed by atoms with Crippen molar-refractivity contribution in [2.45, 2.75) is 53.4 Å². The van der Waals surface area contributed by atoms with Gasteiger partial charge in [-0.3, -0.25) is 0 Å². The van der Waals surface area contributed by atoms with E-state index in [1.165, 1.54) is 17.7 Å². The van der Waals surface area contributed by atoms with Crippen LogP contribution >= 0.6 is 0 Å². The van der Waals surface area contributed by atoms with Crippen LogP contribution in [0.2, 0.25) is 0 Å². The average Bonchev–Trinajstić information content (AvgIpc) is 2.25. The van der Waals surface area contributed by atoms with E-state index in [2.05, 4.69) is 58.6 Å². The summed E-state index contributed by atoms with van der Waals surface area (Å²) >= 11 is 0. The van der Waals surface area contributed by atoms with Crippen LogP contribution in [0.4, 0.5) is 5.82 Å². The summed E-state index contributed by atoms with van der Waals surface area (Å²) in [7, 11) is 0. The van der Waals surface area contributed by atoms with Crippen molar-refractivity contribution in [2.24, 2.45) is 11.8 Å². The smallest absolute Gasteiger partial charge is 0.128 e. The molecular weight excluding hydrogens is 232 g/mol. The van der Waals surface area contributed by atoms with E-state index in [-0.39, 0.29) is 5.41 Å². The van der Waals surface area contributed by atoms with Crippen molar-refractivity contribution in [1.82, 2.24) is 4.98 Å². The van der Waals surface area contributed by atoms with Crippen LogP contribution in [-0.2, 0) is 5.41 Å². The second-order valence-electron chi connectivity index (χ2n) is 7.40. The summed E-state index contributed by atoms with van der Waals surface area (Å²) in [5.74, 6) is 2.70. The highest BCUT2D eigenvalue weighted by Gasteiger charge is 2.24. The minimum atomic E-state index is 0.179. The first-order valence-corrected chi connectivity index (χ1v) is 7.50. The van der Waals surface area contributed by atoms with Crippen LogP contribution < -0.4 is 4.90 Å². The number of piperidine rings is 1. The molecule has 0 amide bonds. The lowest BCUT2D eigenvalue weighted by Gasteiger charge is -2.36. The molecule has 0 radical (unpaired) electrons. The van der Waals surface area contributed by atoms with Gasteiger partial charge in [0, 0.05) is 18.8 Å². The Morgan fingerprint density at radius 2 is 1.68 bits per heavy atom. The molecule has 0 unspecified atom stereocenters. The summed E-state index contributed by atoms with van der Waals surface area (Å²) in [6.45, 7) is 15.9. The molecule has 0 aromatic carbocycles. The second kappa shape index (κ2) is 5.15. The standard InChI is InChI=1S/C17H28N2/c1-12-9-13(2)11-19(10-12)16-8-7-15(14(3)18-16)17(4,5)6/h7-8,12-13H,9-11H2,1-6H3/t12-,13+. The number of aromatic nitrogens is 1. The average molecular weight is 260 g/mol. The van der Waals surface area contributed by atoms with Gasteiger partial charge in [-0.05, 0) is 42.2 Å². The predicted octanol–water partition coefficient (Wildman–Crippen LogP) is 4.17. The molecule has 1 aromatic heterocycles. The zero-order chi connectivity index (χ0) is 14.2. The van der Waals surface area contributed by atoms with E-state index in [0.29, 0.717) is 0 Å². The lowest BCUT2D eigenvalue weighted by atomic mass is 9.86. The number of pyridine rings is 1. The fourth-order valence-electron chi connectivity index (χ4n) is 3.37. The minimum Gasteiger partial charge on any atom is -0.356 e. The van der Waals surface area contributed by atoms with Crippen LogP contribution in [0.15, 0.2) is 12.1 Å². The van der Waals surface area contributed by atoms with Crippen LogP contribution in [0.3, 0.4) is 0 Å². The van der Waals surface area contributed by atoms with Crippen LogP contribution in [0.1, 0.15) is 52.3 Å². The van der Waals surface area contributed by atoms with E-state index >= 15 is 0 Å². The minimum absolute atomic E-state index is 0.179. The van der Waals surface area contributed by atoms with Gasteiger partial charge in [-0.15, -0.1) is 0 Å². The lowest BCUT2D eigenvalue weighted by molar-refractivity contribution is 0.355. The zero-order valence-corrected chi connectivity index (χ0v) is 13.3. The largest absolute Gasteiger partial charge is 0.356 e. The Morgan fingerprint density at radius 3 is 2.16 bits per heavy atom. The summed E-state index contributed by atoms with van der Waals surface area (Å²) in [5, 5.41) is 0. The van der Waals surface area contributed by atoms with Gasteiger partial charge in [0.25, 0.3) is 0 Å². The van der Waals surface area contributed by atoms with Crippen LogP contribution in [0.25, 0.3) is 0 Å². The molecule has 2 rings (SSSR count). The molecule has 106 valence electrons. The lowest BCUT2D eigenvalue weighted by Crippen LogP contribution is -2.39. The molecule has 1 fully saturated rings. The molecular formula is C17H28N2. The summed E-state index contributed by atoms with van der Waals surface area (Å²) in [4.78, 5) is 7.31. The van der Waals surface area contributed by atoms with Gasteiger partial charge < -0.3 is 4.90 Å². The molecule has 0 aliphatic carbocycles. The molecule has 1 aliphatic heterocycles. The number of nitrogens with zero attached hydrogens (tertiary/aromatic N) is 2. The van der Waals surface area contributed by atoms with E-state index in [4.69, 9.17) is 4.98 Å². The van der Waals surface area contributed by atoms with Gasteiger partial charge in [0.15, 0.2) is 0 Å². The molecule has 0 N–H and O–H groups in total. The topological polar surface area (TPSA) is 16.1 Å². The molecule has 2 heterocycles. The highest BCUT2D eigenvalue weighted by Crippen LogP contribution is 2.29. The SMILES string of the molecule is Cc1nc(N2C[C@H](C)C[C@H](C)C2)ccc1C(C)(C)C. The van der Waals surface area contributed by atoms with Crippen molar-refractivity contribution >= 4 is 5.82 Å². The molecule has 1 aromatic rings. The van der Waals surface area contributed by atoms with Crippen LogP contribution in [0, 0.1) is 18.8 Å². The van der Waals surface area contributed by atoms with Gasteiger partial charge in [0.2, 0.25) is 0 Å². The van der Waals surface area contributed by atoms with E-state index in [1.54, 1.807) is 0 Å². The van der Waals surface area contributed by atoms with E-state index in [0.717, 1.165) is 30.7 Å². The van der Waals surface area contributed by atoms with Gasteiger partial charge in [0.1, 0.15) is 5.82 Å². The van der Waals surface area contributed by atoms with Crippen LogP contribution in [0.5, 0.6) is 0 Å². The summed E-state index contributed by atoms with van der Waals surface area (Å²) < 4.78 is 0. The first-order chi connectivity index (χ1) is 8.77. The van der Waals surface area contributed by atoms with E-state index in [9.17, 15) is 0 Å². The van der Waals surface area contributed by atoms with Gasteiger partial charge in [-0.2, -0.15) is 0 Å². The Morgan fingerprint density at radius 1 is 1.11 bits per heavy atom. The third-order valence-corrected chi connectivity index (χ3v) is 4.07. The molecule has 2 nitrogen and oxygen atoms in total. The maximum absolute atomic E-state index is 4.86. The highest BCUT2D eigenvalue weighted by molar-refractivity contribution is 5.43. The van der Waals surface area contributed by atoms with E-state index in [1.807, 2.05) is 0 Å². The fraction of sp³-hybridized carbons (Fsp3) is 0.706. The number of hydrogen-bond acceptors (Lipinski definition) is 2. The number of rotatable bonds is 1. The Hall–Kier alpha value is -1.05. The quantitative estimate of drug-likeness (QED) is 0.753. The molecule has 2 atom stereocenters. The Labute approximate surface area is 118 Å². The maximum atomic E-state index is 4.86. The number of aryl methyl sites for hydroxylation is 1. The zero-order valence-electron chi connectivity index (χ0n) is 13.3. The van der Waals surface area contributed by atoms with E-state index < -0.39 is 0 Å². The van der Waals surface area contributed by atoms with Crippen molar-refractivity contribution < 1.29 is 0 Å². The molecule has 0 spiro atoms. The van der Waals surface area contributed by atoms with Crippen molar-refractivity contribution in [3.63, 3.8) is 0 Å². The second-order valence-corrected chi connectivity index (χ2v) is 7.40. The molecule has 0 saturated carbocycles. The van der Waals surface area contributed by atoms with Gasteiger partial charge >= 0.3 is 0 Å². The summed E-state index contributed by atoms with van der Waals surface area (Å²) in [6, 6.07) is 4.47. The molecule has 1 aliphatic rings. The molecule has 2 heteroatoms. The third kappa shape index (κ3) is 3.29. The summed E-state index contributed by atoms with van der Waals surface area (Å²) in [5.41, 5.74) is 2.71. The third-order valence-electron chi connectivity index (χ3n) is 4.07. The highest BCUT2D eigenvalue weighted by atomic mass is 15.2. The van der Waals surface area contributed by atoms with Crippen LogP contribution in [-0.4, -0.2) is 18.1 Å². The monoisotopic (exact) mass is 260 g/mol. The van der Waals surface area contributed by atoms with Crippen molar-refractivity contribution in [3.05, 3.63) is 23.4 Å². The Kier molecular flexibility index (Phi) is 3.89. The molecule has 0 bridgehead atoms. The summed E-state index contributed by atoms with van der Waals surface area (Å²) in [6.07, 6.45) is 1.34. The van der Waals surface area contributed by atoms with Gasteiger partial charge in [-0.25, -0.2) is 4.98 Å². The Balaban J connectivity index is 2.25. The number of anilines is 1. The predicted molar refractivity (Wildman–Crippen MR) is 82.8 cm³/mol. The first-order valence-electron chi connectivity index (χ1n) is 7.50.